The van der Waals surface area contributed by atoms with Crippen LogP contribution in [0.4, 0.5) is 19.3 Å². The van der Waals surface area contributed by atoms with Crippen LogP contribution in [0.25, 0.3) is 0 Å². The van der Waals surface area contributed by atoms with Crippen molar-refractivity contribution in [3.8, 4) is 5.75 Å². The highest BCUT2D eigenvalue weighted by Crippen LogP contribution is 2.38. The Balaban J connectivity index is 1.56. The third kappa shape index (κ3) is 3.90. The molecular formula is C16H20F2N2O3. The van der Waals surface area contributed by atoms with Gasteiger partial charge >= 0.3 is 6.03 Å². The van der Waals surface area contributed by atoms with E-state index in [4.69, 9.17) is 4.74 Å². The predicted molar refractivity (Wildman–Crippen MR) is 80.6 cm³/mol. The van der Waals surface area contributed by atoms with Crippen molar-refractivity contribution in [2.45, 2.75) is 37.8 Å². The van der Waals surface area contributed by atoms with Crippen LogP contribution in [0.2, 0.25) is 0 Å². The highest BCUT2D eigenvalue weighted by molar-refractivity contribution is 5.89. The number of carbonyl (C=O) groups is 1. The average molecular weight is 326 g/mol. The number of ether oxygens (including phenoxy) is 2. The Hall–Kier alpha value is -1.89. The summed E-state index contributed by atoms with van der Waals surface area (Å²) in [5, 5.41) is 5.30. The van der Waals surface area contributed by atoms with E-state index >= 15 is 0 Å². The largest absolute Gasteiger partial charge is 0.491 e. The molecule has 1 aliphatic heterocycles. The highest BCUT2D eigenvalue weighted by Gasteiger charge is 2.36. The van der Waals surface area contributed by atoms with Gasteiger partial charge in [-0.3, -0.25) is 0 Å². The average Bonchev–Trinajstić information content (AvgIpc) is 3.31. The molecule has 1 aliphatic carbocycles. The maximum absolute atomic E-state index is 13.6. The predicted octanol–water partition coefficient (Wildman–Crippen LogP) is 3.05. The zero-order valence-corrected chi connectivity index (χ0v) is 12.9. The molecule has 3 rings (SSSR count). The molecule has 5 nitrogen and oxygen atoms in total. The topological polar surface area (TPSA) is 59.6 Å². The molecular weight excluding hydrogens is 306 g/mol. The van der Waals surface area contributed by atoms with E-state index in [1.165, 1.54) is 20.0 Å². The van der Waals surface area contributed by atoms with E-state index in [9.17, 15) is 13.6 Å². The number of hydrogen-bond acceptors (Lipinski definition) is 3. The van der Waals surface area contributed by atoms with E-state index in [2.05, 4.69) is 15.4 Å². The number of amides is 2. The van der Waals surface area contributed by atoms with E-state index in [0.717, 1.165) is 25.0 Å². The van der Waals surface area contributed by atoms with Gasteiger partial charge in [-0.15, -0.1) is 0 Å². The van der Waals surface area contributed by atoms with E-state index in [-0.39, 0.29) is 17.8 Å². The van der Waals surface area contributed by atoms with Crippen molar-refractivity contribution >= 4 is 11.7 Å². The fourth-order valence-corrected chi connectivity index (χ4v) is 2.94. The fraction of sp³-hybridized carbons (Fsp3) is 0.562. The molecule has 2 unspecified atom stereocenters. The lowest BCUT2D eigenvalue weighted by molar-refractivity contribution is -0.00889. The summed E-state index contributed by atoms with van der Waals surface area (Å²) in [6.45, 7) is 0.623. The Bertz CT molecular complexity index is 570. The second kappa shape index (κ2) is 6.70. The zero-order chi connectivity index (χ0) is 16.4. The van der Waals surface area contributed by atoms with Gasteiger partial charge in [-0.2, -0.15) is 0 Å². The quantitative estimate of drug-likeness (QED) is 0.894. The molecule has 2 atom stereocenters. The molecule has 0 spiro atoms. The van der Waals surface area contributed by atoms with E-state index < -0.39 is 23.4 Å². The smallest absolute Gasteiger partial charge is 0.319 e. The third-order valence-corrected chi connectivity index (χ3v) is 4.26. The number of anilines is 1. The van der Waals surface area contributed by atoms with Gasteiger partial charge in [0.2, 0.25) is 0 Å². The number of hydrogen-bond donors (Lipinski definition) is 2. The highest BCUT2D eigenvalue weighted by atomic mass is 19.1. The van der Waals surface area contributed by atoms with E-state index in [1.54, 1.807) is 0 Å². The van der Waals surface area contributed by atoms with Crippen LogP contribution in [0.15, 0.2) is 12.1 Å². The number of nitrogens with one attached hydrogen (secondary N) is 2. The molecule has 7 heteroatoms. The molecule has 2 aliphatic rings. The van der Waals surface area contributed by atoms with E-state index in [1.807, 2.05) is 0 Å². The standard InChI is InChI=1S/C16H20F2N2O3/c1-22-15-12(17)6-11(7-13(15)18)20-16(21)19-10-4-5-23-14(8-10)9-2-3-9/h6-7,9-10,14H,2-5,8H2,1H3,(H2,19,20,21). The first-order chi connectivity index (χ1) is 11.1. The maximum atomic E-state index is 13.6. The Morgan fingerprint density at radius 1 is 1.26 bits per heavy atom. The summed E-state index contributed by atoms with van der Waals surface area (Å²) in [6.07, 6.45) is 4.11. The molecule has 23 heavy (non-hydrogen) atoms. The van der Waals surface area contributed by atoms with Gasteiger partial charge < -0.3 is 20.1 Å². The number of rotatable bonds is 4. The summed E-state index contributed by atoms with van der Waals surface area (Å²) in [6, 6.07) is 1.59. The van der Waals surface area contributed by atoms with Crippen LogP contribution in [0.1, 0.15) is 25.7 Å². The Morgan fingerprint density at radius 3 is 2.57 bits per heavy atom. The van der Waals surface area contributed by atoms with Crippen molar-refractivity contribution < 1.29 is 23.0 Å². The minimum atomic E-state index is -0.859. The van der Waals surface area contributed by atoms with Gasteiger partial charge in [-0.25, -0.2) is 13.6 Å². The van der Waals surface area contributed by atoms with Gasteiger partial charge in [-0.05, 0) is 31.6 Å². The molecule has 1 aromatic carbocycles. The minimum absolute atomic E-state index is 0.0160. The summed E-state index contributed by atoms with van der Waals surface area (Å²) in [7, 11) is 1.18. The van der Waals surface area contributed by atoms with Crippen molar-refractivity contribution in [2.24, 2.45) is 5.92 Å². The van der Waals surface area contributed by atoms with Crippen LogP contribution in [-0.2, 0) is 4.74 Å². The Kier molecular flexibility index (Phi) is 4.66. The van der Waals surface area contributed by atoms with Crippen molar-refractivity contribution in [1.82, 2.24) is 5.32 Å². The van der Waals surface area contributed by atoms with Crippen LogP contribution in [-0.4, -0.2) is 31.9 Å². The van der Waals surface area contributed by atoms with Gasteiger partial charge in [-0.1, -0.05) is 0 Å². The molecule has 1 saturated carbocycles. The minimum Gasteiger partial charge on any atom is -0.491 e. The zero-order valence-electron chi connectivity index (χ0n) is 12.9. The Labute approximate surface area is 133 Å². The number of urea groups is 1. The van der Waals surface area contributed by atoms with Gasteiger partial charge in [0, 0.05) is 30.5 Å². The van der Waals surface area contributed by atoms with Crippen LogP contribution >= 0.6 is 0 Å². The molecule has 1 saturated heterocycles. The van der Waals surface area contributed by atoms with Crippen LogP contribution in [0, 0.1) is 17.6 Å². The van der Waals surface area contributed by atoms with E-state index in [0.29, 0.717) is 12.5 Å². The summed E-state index contributed by atoms with van der Waals surface area (Å²) >= 11 is 0. The van der Waals surface area contributed by atoms with Gasteiger partial charge in [0.1, 0.15) is 0 Å². The van der Waals surface area contributed by atoms with Crippen molar-refractivity contribution in [2.75, 3.05) is 19.0 Å². The first kappa shape index (κ1) is 16.0. The molecule has 126 valence electrons. The van der Waals surface area contributed by atoms with Gasteiger partial charge in [0.15, 0.2) is 17.4 Å². The molecule has 0 bridgehead atoms. The lowest BCUT2D eigenvalue weighted by Gasteiger charge is -2.30. The third-order valence-electron chi connectivity index (χ3n) is 4.26. The van der Waals surface area contributed by atoms with Gasteiger partial charge in [0.25, 0.3) is 0 Å². The second-order valence-corrected chi connectivity index (χ2v) is 6.04. The lowest BCUT2D eigenvalue weighted by Crippen LogP contribution is -2.44. The summed E-state index contributed by atoms with van der Waals surface area (Å²) in [4.78, 5) is 12.0. The molecule has 0 radical (unpaired) electrons. The van der Waals surface area contributed by atoms with Crippen LogP contribution < -0.4 is 15.4 Å². The summed E-state index contributed by atoms with van der Waals surface area (Å²) in [5.41, 5.74) is 0.0455. The number of halogens is 2. The molecule has 2 amide bonds. The van der Waals surface area contributed by atoms with Crippen LogP contribution in [0.5, 0.6) is 5.75 Å². The normalized spacial score (nSPS) is 24.1. The maximum Gasteiger partial charge on any atom is 0.319 e. The second-order valence-electron chi connectivity index (χ2n) is 6.04. The monoisotopic (exact) mass is 326 g/mol. The van der Waals surface area contributed by atoms with Crippen molar-refractivity contribution in [3.05, 3.63) is 23.8 Å². The first-order valence-corrected chi connectivity index (χ1v) is 7.79. The number of methoxy groups -OCH3 is 1. The molecule has 2 N–H and O–H groups in total. The molecule has 1 aromatic rings. The molecule has 1 heterocycles. The SMILES string of the molecule is COc1c(F)cc(NC(=O)NC2CCOC(C3CC3)C2)cc1F. The summed E-state index contributed by atoms with van der Waals surface area (Å²) in [5.74, 6) is -1.56. The lowest BCUT2D eigenvalue weighted by atomic mass is 10.0. The van der Waals surface area contributed by atoms with Crippen LogP contribution in [0.3, 0.4) is 0 Å². The van der Waals surface area contributed by atoms with Crippen molar-refractivity contribution in [3.63, 3.8) is 0 Å². The number of carbonyl (C=O) groups excluding carboxylic acids is 1. The number of benzene rings is 1. The fourth-order valence-electron chi connectivity index (χ4n) is 2.94. The molecule has 2 fully saturated rings. The Morgan fingerprint density at radius 2 is 1.96 bits per heavy atom. The molecule has 0 aromatic heterocycles. The van der Waals surface area contributed by atoms with Gasteiger partial charge in [0.05, 0.1) is 13.2 Å². The first-order valence-electron chi connectivity index (χ1n) is 7.79. The van der Waals surface area contributed by atoms with Crippen molar-refractivity contribution in [1.29, 1.82) is 0 Å². The summed E-state index contributed by atoms with van der Waals surface area (Å²) < 4.78 is 37.5.